The summed E-state index contributed by atoms with van der Waals surface area (Å²) in [6.07, 6.45) is 2.68. The Hall–Kier alpha value is -1.20. The standard InChI is InChI=1S/C12H18N2O2S/c1-16-10-5-3-9(4-6-10)14-12(15)11(13)7-8-17-2/h3-6,11H,7-8,13H2,1-2H3,(H,14,15)/t11-/m0/s1. The van der Waals surface area contributed by atoms with Gasteiger partial charge in [-0.05, 0) is 42.7 Å². The van der Waals surface area contributed by atoms with Gasteiger partial charge in [0, 0.05) is 5.69 Å². The van der Waals surface area contributed by atoms with E-state index >= 15 is 0 Å². The third kappa shape index (κ3) is 4.66. The van der Waals surface area contributed by atoms with E-state index in [9.17, 15) is 4.79 Å². The van der Waals surface area contributed by atoms with Gasteiger partial charge in [0.05, 0.1) is 13.2 Å². The van der Waals surface area contributed by atoms with Gasteiger partial charge in [-0.2, -0.15) is 11.8 Å². The molecule has 5 heteroatoms. The lowest BCUT2D eigenvalue weighted by Crippen LogP contribution is -2.36. The van der Waals surface area contributed by atoms with E-state index in [0.29, 0.717) is 6.42 Å². The molecule has 1 aromatic carbocycles. The normalized spacial score (nSPS) is 11.9. The first-order valence-electron chi connectivity index (χ1n) is 5.37. The molecule has 0 aliphatic rings. The number of nitrogens with one attached hydrogen (secondary N) is 1. The van der Waals surface area contributed by atoms with Crippen LogP contribution in [0.15, 0.2) is 24.3 Å². The first-order chi connectivity index (χ1) is 8.17. The summed E-state index contributed by atoms with van der Waals surface area (Å²) in [6.45, 7) is 0. The van der Waals surface area contributed by atoms with Crippen LogP contribution in [0.2, 0.25) is 0 Å². The molecular weight excluding hydrogens is 236 g/mol. The Morgan fingerprint density at radius 2 is 2.12 bits per heavy atom. The Kier molecular flexibility index (Phi) is 5.86. The molecule has 1 amide bonds. The lowest BCUT2D eigenvalue weighted by Gasteiger charge is -2.11. The van der Waals surface area contributed by atoms with Crippen molar-refractivity contribution >= 4 is 23.4 Å². The summed E-state index contributed by atoms with van der Waals surface area (Å²) in [7, 11) is 1.60. The largest absolute Gasteiger partial charge is 0.497 e. The number of nitrogens with two attached hydrogens (primary N) is 1. The van der Waals surface area contributed by atoms with Crippen LogP contribution in [0.1, 0.15) is 6.42 Å². The second-order valence-electron chi connectivity index (χ2n) is 3.61. The lowest BCUT2D eigenvalue weighted by molar-refractivity contribution is -0.117. The zero-order valence-electron chi connectivity index (χ0n) is 10.1. The van der Waals surface area contributed by atoms with E-state index in [0.717, 1.165) is 17.2 Å². The van der Waals surface area contributed by atoms with E-state index in [1.54, 1.807) is 43.1 Å². The van der Waals surface area contributed by atoms with E-state index < -0.39 is 6.04 Å². The molecule has 1 rings (SSSR count). The van der Waals surface area contributed by atoms with Gasteiger partial charge in [0.25, 0.3) is 0 Å². The van der Waals surface area contributed by atoms with Crippen LogP contribution in [0.4, 0.5) is 5.69 Å². The van der Waals surface area contributed by atoms with Gasteiger partial charge in [0.15, 0.2) is 0 Å². The van der Waals surface area contributed by atoms with Gasteiger partial charge in [0.2, 0.25) is 5.91 Å². The highest BCUT2D eigenvalue weighted by Gasteiger charge is 2.12. The van der Waals surface area contributed by atoms with E-state index in [4.69, 9.17) is 10.5 Å². The predicted octanol–water partition coefficient (Wildman–Crippen LogP) is 1.71. The van der Waals surface area contributed by atoms with Crippen molar-refractivity contribution < 1.29 is 9.53 Å². The van der Waals surface area contributed by atoms with Crippen molar-refractivity contribution in [1.29, 1.82) is 0 Å². The summed E-state index contributed by atoms with van der Waals surface area (Å²) >= 11 is 1.68. The molecule has 0 unspecified atom stereocenters. The fraction of sp³-hybridized carbons (Fsp3) is 0.417. The third-order valence-electron chi connectivity index (χ3n) is 2.33. The Balaban J connectivity index is 2.49. The van der Waals surface area contributed by atoms with E-state index in [2.05, 4.69) is 5.32 Å². The minimum absolute atomic E-state index is 0.149. The Bertz CT molecular complexity index is 354. The molecule has 0 heterocycles. The van der Waals surface area contributed by atoms with Crippen molar-refractivity contribution in [3.8, 4) is 5.75 Å². The molecule has 0 aliphatic carbocycles. The topological polar surface area (TPSA) is 64.3 Å². The summed E-state index contributed by atoms with van der Waals surface area (Å²) in [5, 5.41) is 2.77. The lowest BCUT2D eigenvalue weighted by atomic mass is 10.2. The third-order valence-corrected chi connectivity index (χ3v) is 2.97. The van der Waals surface area contributed by atoms with Crippen molar-refractivity contribution in [3.05, 3.63) is 24.3 Å². The SMILES string of the molecule is COc1ccc(NC(=O)[C@@H](N)CCSC)cc1. The van der Waals surface area contributed by atoms with Gasteiger partial charge >= 0.3 is 0 Å². The number of carbonyl (C=O) groups excluding carboxylic acids is 1. The van der Waals surface area contributed by atoms with Gasteiger partial charge in [-0.15, -0.1) is 0 Å². The van der Waals surface area contributed by atoms with Gasteiger partial charge in [0.1, 0.15) is 5.75 Å². The maximum atomic E-state index is 11.7. The maximum Gasteiger partial charge on any atom is 0.241 e. The molecule has 0 saturated carbocycles. The van der Waals surface area contributed by atoms with Crippen LogP contribution in [0, 0.1) is 0 Å². The highest BCUT2D eigenvalue weighted by molar-refractivity contribution is 7.98. The number of thioether (sulfide) groups is 1. The smallest absolute Gasteiger partial charge is 0.241 e. The Morgan fingerprint density at radius 3 is 2.65 bits per heavy atom. The number of rotatable bonds is 6. The highest BCUT2D eigenvalue weighted by Crippen LogP contribution is 2.15. The number of amides is 1. The molecular formula is C12H18N2O2S. The minimum atomic E-state index is -0.454. The molecule has 3 N–H and O–H groups in total. The molecule has 0 bridgehead atoms. The van der Waals surface area contributed by atoms with Crippen LogP contribution in [0.25, 0.3) is 0 Å². The number of hydrogen-bond acceptors (Lipinski definition) is 4. The Labute approximate surface area is 106 Å². The summed E-state index contributed by atoms with van der Waals surface area (Å²) in [5.74, 6) is 1.50. The molecule has 17 heavy (non-hydrogen) atoms. The van der Waals surface area contributed by atoms with Gasteiger partial charge < -0.3 is 15.8 Å². The minimum Gasteiger partial charge on any atom is -0.497 e. The zero-order valence-corrected chi connectivity index (χ0v) is 10.9. The first-order valence-corrected chi connectivity index (χ1v) is 6.76. The number of ether oxygens (including phenoxy) is 1. The van der Waals surface area contributed by atoms with Gasteiger partial charge in [-0.25, -0.2) is 0 Å². The number of hydrogen-bond donors (Lipinski definition) is 2. The van der Waals surface area contributed by atoms with Crippen LogP contribution in [-0.2, 0) is 4.79 Å². The average Bonchev–Trinajstić information content (AvgIpc) is 2.36. The van der Waals surface area contributed by atoms with Gasteiger partial charge in [-0.3, -0.25) is 4.79 Å². The monoisotopic (exact) mass is 254 g/mol. The van der Waals surface area contributed by atoms with E-state index in [1.165, 1.54) is 0 Å². The molecule has 0 aliphatic heterocycles. The molecule has 1 atom stereocenters. The summed E-state index contributed by atoms with van der Waals surface area (Å²) < 4.78 is 5.03. The molecule has 4 nitrogen and oxygen atoms in total. The molecule has 0 radical (unpaired) electrons. The zero-order chi connectivity index (χ0) is 12.7. The van der Waals surface area contributed by atoms with E-state index in [1.807, 2.05) is 6.26 Å². The van der Waals surface area contributed by atoms with Crippen molar-refractivity contribution in [2.75, 3.05) is 24.4 Å². The quantitative estimate of drug-likeness (QED) is 0.811. The van der Waals surface area contributed by atoms with Crippen molar-refractivity contribution in [2.24, 2.45) is 5.73 Å². The number of benzene rings is 1. The molecule has 0 spiro atoms. The number of methoxy groups -OCH3 is 1. The first kappa shape index (κ1) is 13.9. The van der Waals surface area contributed by atoms with Crippen LogP contribution in [-0.4, -0.2) is 31.1 Å². The Morgan fingerprint density at radius 1 is 1.47 bits per heavy atom. The van der Waals surface area contributed by atoms with Crippen molar-refractivity contribution in [2.45, 2.75) is 12.5 Å². The molecule has 1 aromatic rings. The second-order valence-corrected chi connectivity index (χ2v) is 4.59. The molecule has 0 aromatic heterocycles. The van der Waals surface area contributed by atoms with Crippen molar-refractivity contribution in [3.63, 3.8) is 0 Å². The molecule has 0 fully saturated rings. The van der Waals surface area contributed by atoms with Crippen LogP contribution in [0.3, 0.4) is 0 Å². The molecule has 0 saturated heterocycles. The van der Waals surface area contributed by atoms with E-state index in [-0.39, 0.29) is 5.91 Å². The molecule has 94 valence electrons. The second kappa shape index (κ2) is 7.19. The number of carbonyl (C=O) groups is 1. The van der Waals surface area contributed by atoms with Gasteiger partial charge in [-0.1, -0.05) is 0 Å². The highest BCUT2D eigenvalue weighted by atomic mass is 32.2. The fourth-order valence-electron chi connectivity index (χ4n) is 1.29. The summed E-state index contributed by atoms with van der Waals surface area (Å²) in [6, 6.07) is 6.71. The average molecular weight is 254 g/mol. The fourth-order valence-corrected chi connectivity index (χ4v) is 1.77. The predicted molar refractivity (Wildman–Crippen MR) is 72.6 cm³/mol. The maximum absolute atomic E-state index is 11.7. The summed E-state index contributed by atoms with van der Waals surface area (Å²) in [5.41, 5.74) is 6.49. The van der Waals surface area contributed by atoms with Crippen LogP contribution in [0.5, 0.6) is 5.75 Å². The summed E-state index contributed by atoms with van der Waals surface area (Å²) in [4.78, 5) is 11.7. The van der Waals surface area contributed by atoms with Crippen LogP contribution < -0.4 is 15.8 Å². The number of anilines is 1. The van der Waals surface area contributed by atoms with Crippen molar-refractivity contribution in [1.82, 2.24) is 0 Å². The van der Waals surface area contributed by atoms with Crippen LogP contribution >= 0.6 is 11.8 Å².